The largest absolute Gasteiger partial charge is 0.459 e. The molecule has 3 aromatic rings. The Labute approximate surface area is 119 Å². The Morgan fingerprint density at radius 3 is 2.90 bits per heavy atom. The molecule has 106 valence electrons. The van der Waals surface area contributed by atoms with Gasteiger partial charge in [0.05, 0.1) is 18.5 Å². The molecule has 0 spiro atoms. The quantitative estimate of drug-likeness (QED) is 0.759. The molecule has 3 heterocycles. The van der Waals surface area contributed by atoms with Crippen molar-refractivity contribution in [2.45, 2.75) is 6.54 Å². The number of anilines is 1. The lowest BCUT2D eigenvalue weighted by atomic mass is 10.3. The highest BCUT2D eigenvalue weighted by Gasteiger charge is 2.12. The molecule has 3 aromatic heterocycles. The summed E-state index contributed by atoms with van der Waals surface area (Å²) in [5.41, 5.74) is 0.745. The van der Waals surface area contributed by atoms with Gasteiger partial charge in [-0.05, 0) is 24.3 Å². The second kappa shape index (κ2) is 5.87. The predicted molar refractivity (Wildman–Crippen MR) is 72.1 cm³/mol. The maximum Gasteiger partial charge on any atom is 0.324 e. The highest BCUT2D eigenvalue weighted by Crippen LogP contribution is 2.19. The van der Waals surface area contributed by atoms with Gasteiger partial charge in [-0.3, -0.25) is 10.3 Å². The van der Waals surface area contributed by atoms with E-state index in [-0.39, 0.29) is 11.9 Å². The van der Waals surface area contributed by atoms with Crippen molar-refractivity contribution in [3.63, 3.8) is 0 Å². The van der Waals surface area contributed by atoms with E-state index in [0.29, 0.717) is 12.3 Å². The molecule has 0 fully saturated rings. The van der Waals surface area contributed by atoms with E-state index in [1.54, 1.807) is 24.4 Å². The zero-order chi connectivity index (χ0) is 14.5. The predicted octanol–water partition coefficient (Wildman–Crippen LogP) is 2.05. The van der Waals surface area contributed by atoms with Crippen LogP contribution in [0.4, 0.5) is 10.8 Å². The third kappa shape index (κ3) is 3.24. The van der Waals surface area contributed by atoms with E-state index in [1.165, 1.54) is 6.26 Å². The number of carbonyl (C=O) groups excluding carboxylic acids is 1. The van der Waals surface area contributed by atoms with E-state index in [0.717, 1.165) is 5.69 Å². The molecule has 0 aromatic carbocycles. The second-order valence-corrected chi connectivity index (χ2v) is 4.02. The molecule has 0 aliphatic carbocycles. The summed E-state index contributed by atoms with van der Waals surface area (Å²) in [6, 6.07) is 8.36. The van der Waals surface area contributed by atoms with Crippen LogP contribution >= 0.6 is 0 Å². The minimum Gasteiger partial charge on any atom is -0.459 e. The summed E-state index contributed by atoms with van der Waals surface area (Å²) in [7, 11) is 0. The Balaban J connectivity index is 1.55. The highest BCUT2D eigenvalue weighted by atomic mass is 16.4. The van der Waals surface area contributed by atoms with Crippen LogP contribution in [-0.2, 0) is 6.54 Å². The molecule has 0 atom stereocenters. The maximum atomic E-state index is 11.7. The molecule has 0 bridgehead atoms. The van der Waals surface area contributed by atoms with E-state index in [2.05, 4.69) is 25.8 Å². The van der Waals surface area contributed by atoms with Gasteiger partial charge in [0.1, 0.15) is 0 Å². The molecule has 0 aliphatic heterocycles. The number of hydrogen-bond acceptors (Lipinski definition) is 6. The highest BCUT2D eigenvalue weighted by molar-refractivity contribution is 5.86. The zero-order valence-electron chi connectivity index (χ0n) is 10.8. The van der Waals surface area contributed by atoms with Crippen molar-refractivity contribution in [2.75, 3.05) is 5.32 Å². The van der Waals surface area contributed by atoms with Gasteiger partial charge in [0, 0.05) is 6.20 Å². The number of nitrogens with one attached hydrogen (secondary N) is 2. The van der Waals surface area contributed by atoms with Gasteiger partial charge in [-0.2, -0.15) is 0 Å². The Bertz CT molecular complexity index is 709. The molecule has 21 heavy (non-hydrogen) atoms. The molecule has 2 N–H and O–H groups in total. The summed E-state index contributed by atoms with van der Waals surface area (Å²) in [6.07, 6.45) is 3.15. The van der Waals surface area contributed by atoms with Gasteiger partial charge in [0.2, 0.25) is 0 Å². The van der Waals surface area contributed by atoms with Crippen LogP contribution in [0.5, 0.6) is 0 Å². The van der Waals surface area contributed by atoms with Crippen LogP contribution in [0.2, 0.25) is 0 Å². The van der Waals surface area contributed by atoms with Crippen LogP contribution in [0.25, 0.3) is 11.7 Å². The molecule has 3 rings (SSSR count). The van der Waals surface area contributed by atoms with Crippen LogP contribution in [0.1, 0.15) is 5.69 Å². The lowest BCUT2D eigenvalue weighted by molar-refractivity contribution is 0.251. The Hall–Kier alpha value is -3.16. The van der Waals surface area contributed by atoms with Gasteiger partial charge in [0.15, 0.2) is 5.76 Å². The Morgan fingerprint density at radius 2 is 2.14 bits per heavy atom. The van der Waals surface area contributed by atoms with Gasteiger partial charge in [0.25, 0.3) is 5.89 Å². The molecule has 0 saturated heterocycles. The summed E-state index contributed by atoms with van der Waals surface area (Å²) >= 11 is 0. The summed E-state index contributed by atoms with van der Waals surface area (Å²) in [5.74, 6) is 0.629. The van der Waals surface area contributed by atoms with E-state index in [4.69, 9.17) is 8.83 Å². The van der Waals surface area contributed by atoms with Gasteiger partial charge >= 0.3 is 12.0 Å². The van der Waals surface area contributed by atoms with Crippen molar-refractivity contribution in [3.8, 4) is 11.7 Å². The monoisotopic (exact) mass is 285 g/mol. The van der Waals surface area contributed by atoms with Crippen molar-refractivity contribution in [3.05, 3.63) is 48.5 Å². The number of pyridine rings is 1. The molecule has 8 heteroatoms. The Kier molecular flexibility index (Phi) is 3.59. The number of carbonyl (C=O) groups is 1. The van der Waals surface area contributed by atoms with Crippen LogP contribution in [0.15, 0.2) is 51.6 Å². The van der Waals surface area contributed by atoms with E-state index in [9.17, 15) is 4.79 Å². The first-order valence-electron chi connectivity index (χ1n) is 6.13. The summed E-state index contributed by atoms with van der Waals surface area (Å²) in [5, 5.41) is 12.5. The fourth-order valence-corrected chi connectivity index (χ4v) is 1.59. The minimum atomic E-state index is -0.463. The van der Waals surface area contributed by atoms with E-state index in [1.807, 2.05) is 12.1 Å². The fraction of sp³-hybridized carbons (Fsp3) is 0.0769. The average molecular weight is 285 g/mol. The number of hydrogen-bond donors (Lipinski definition) is 2. The molecular formula is C13H11N5O3. The minimum absolute atomic E-state index is 0.0140. The van der Waals surface area contributed by atoms with Crippen molar-refractivity contribution < 1.29 is 13.6 Å². The average Bonchev–Trinajstić information content (AvgIpc) is 3.17. The zero-order valence-corrected chi connectivity index (χ0v) is 10.8. The van der Waals surface area contributed by atoms with E-state index < -0.39 is 6.03 Å². The lowest BCUT2D eigenvalue weighted by Crippen LogP contribution is -2.28. The molecule has 0 unspecified atom stereocenters. The van der Waals surface area contributed by atoms with Gasteiger partial charge < -0.3 is 14.2 Å². The number of aromatic nitrogens is 3. The molecule has 2 amide bonds. The molecule has 0 saturated carbocycles. The van der Waals surface area contributed by atoms with Crippen LogP contribution < -0.4 is 10.6 Å². The number of rotatable bonds is 4. The summed E-state index contributed by atoms with van der Waals surface area (Å²) < 4.78 is 10.4. The number of furan rings is 1. The molecule has 0 radical (unpaired) electrons. The third-order valence-corrected chi connectivity index (χ3v) is 2.53. The lowest BCUT2D eigenvalue weighted by Gasteiger charge is -2.03. The smallest absolute Gasteiger partial charge is 0.324 e. The van der Waals surface area contributed by atoms with E-state index >= 15 is 0 Å². The van der Waals surface area contributed by atoms with Crippen LogP contribution in [-0.4, -0.2) is 21.2 Å². The van der Waals surface area contributed by atoms with Crippen LogP contribution in [0, 0.1) is 0 Å². The number of amides is 2. The maximum absolute atomic E-state index is 11.7. The molecule has 8 nitrogen and oxygen atoms in total. The SMILES string of the molecule is O=C(NCc1ccccn1)Nc1nnc(-c2ccco2)o1. The standard InChI is InChI=1S/C13H11N5O3/c19-12(15-8-9-4-1-2-6-14-9)16-13-18-17-11(21-13)10-5-3-7-20-10/h1-7H,8H2,(H2,15,16,18,19). The topological polar surface area (TPSA) is 106 Å². The number of urea groups is 1. The first-order valence-corrected chi connectivity index (χ1v) is 6.13. The van der Waals surface area contributed by atoms with Gasteiger partial charge in [-0.15, -0.1) is 5.10 Å². The first kappa shape index (κ1) is 12.9. The van der Waals surface area contributed by atoms with Crippen molar-refractivity contribution in [2.24, 2.45) is 0 Å². The van der Waals surface area contributed by atoms with Gasteiger partial charge in [-0.25, -0.2) is 4.79 Å². The molecule has 0 aliphatic rings. The van der Waals surface area contributed by atoms with Crippen LogP contribution in [0.3, 0.4) is 0 Å². The van der Waals surface area contributed by atoms with Crippen molar-refractivity contribution in [1.82, 2.24) is 20.5 Å². The van der Waals surface area contributed by atoms with Crippen molar-refractivity contribution >= 4 is 12.0 Å². The number of nitrogens with zero attached hydrogens (tertiary/aromatic N) is 3. The third-order valence-electron chi connectivity index (χ3n) is 2.53. The fourth-order valence-electron chi connectivity index (χ4n) is 1.59. The van der Waals surface area contributed by atoms with Crippen molar-refractivity contribution in [1.29, 1.82) is 0 Å². The summed E-state index contributed by atoms with van der Waals surface area (Å²) in [4.78, 5) is 15.8. The molecular weight excluding hydrogens is 274 g/mol. The second-order valence-electron chi connectivity index (χ2n) is 4.02. The normalized spacial score (nSPS) is 10.3. The summed E-state index contributed by atoms with van der Waals surface area (Å²) in [6.45, 7) is 0.297. The Morgan fingerprint density at radius 1 is 1.19 bits per heavy atom. The van der Waals surface area contributed by atoms with Gasteiger partial charge in [-0.1, -0.05) is 11.2 Å². The first-order chi connectivity index (χ1) is 10.3.